The number of Topliss-reactive ketones (excluding diaryl/α,β-unsaturated/α-hetero) is 2. The molecule has 9 rings (SSSR count). The first-order valence-corrected chi connectivity index (χ1v) is 29.7. The van der Waals surface area contributed by atoms with Gasteiger partial charge in [0.2, 0.25) is 0 Å². The van der Waals surface area contributed by atoms with Gasteiger partial charge in [0.25, 0.3) is 0 Å². The molecule has 0 aliphatic heterocycles. The number of methoxy groups -OCH3 is 2. The quantitative estimate of drug-likeness (QED) is 0.0702. The van der Waals surface area contributed by atoms with Gasteiger partial charge in [-0.2, -0.15) is 0 Å². The molecule has 0 aromatic heterocycles. The van der Waals surface area contributed by atoms with Crippen molar-refractivity contribution in [1.82, 2.24) is 0 Å². The minimum Gasteiger partial charge on any atom is -0.489 e. The molecule has 0 bridgehead atoms. The molecule has 3 saturated carbocycles. The smallest absolute Gasteiger partial charge is 0.307 e. The molecule has 3 aromatic carbocycles. The third-order valence-electron chi connectivity index (χ3n) is 17.2. The van der Waals surface area contributed by atoms with E-state index in [0.29, 0.717) is 50.6 Å². The number of hydrogen-bond acceptors (Lipinski definition) is 11. The minimum absolute atomic E-state index is 0.00523. The Kier molecular flexibility index (Phi) is 23.5. The number of benzene rings is 3. The van der Waals surface area contributed by atoms with E-state index in [1.54, 1.807) is 20.8 Å². The standard InChI is InChI=1S/C24H30O4.C24H28O4.C23H26O4/c2*1-3-5-20(14-23(26)27-2)19-7-9-22(10-8-19)28-17-18-6-4-12-24(15-18)13-11-21(25)16-24;1-2-4-19(13-22(25)26)18-6-8-21(9-7-18)27-16-17-5-3-11-23(14-17)12-10-20(24)15-23/h7-10,15,20-21,25H,4,6,11-14,16-17H2,1-2H3;7-10,15,20H,4,6,11-14,16-17H2,1-2H3;6-9,14,19H,3,5,10-13,15-16H2,1H3,(H,25,26)/t20-,21+,24-;20-,24-;19-,23-/m000/s1. The highest BCUT2D eigenvalue weighted by atomic mass is 16.5. The summed E-state index contributed by atoms with van der Waals surface area (Å²) in [5.41, 5.74) is 7.14. The lowest BCUT2D eigenvalue weighted by Crippen LogP contribution is -2.21. The van der Waals surface area contributed by atoms with Crippen LogP contribution in [0.15, 0.2) is 108 Å². The van der Waals surface area contributed by atoms with Crippen LogP contribution in [0.1, 0.15) is 190 Å². The van der Waals surface area contributed by atoms with Crippen LogP contribution in [0, 0.1) is 51.8 Å². The number of carboxylic acids is 1. The van der Waals surface area contributed by atoms with E-state index in [-0.39, 0.29) is 71.3 Å². The van der Waals surface area contributed by atoms with Gasteiger partial charge in [-0.1, -0.05) is 72.4 Å². The van der Waals surface area contributed by atoms with Crippen LogP contribution in [0.3, 0.4) is 0 Å². The van der Waals surface area contributed by atoms with E-state index in [1.807, 2.05) is 72.8 Å². The van der Waals surface area contributed by atoms with Crippen LogP contribution in [0.2, 0.25) is 0 Å². The average Bonchev–Trinajstić information content (AvgIpc) is 4.24. The maximum atomic E-state index is 11.7. The highest BCUT2D eigenvalue weighted by Gasteiger charge is 2.40. The molecule has 7 atom stereocenters. The van der Waals surface area contributed by atoms with E-state index in [9.17, 15) is 29.1 Å². The highest BCUT2D eigenvalue weighted by molar-refractivity contribution is 5.82. The van der Waals surface area contributed by atoms with Gasteiger partial charge in [-0.3, -0.25) is 24.0 Å². The summed E-state index contributed by atoms with van der Waals surface area (Å²) in [4.78, 5) is 57.6. The molecule has 6 aliphatic rings. The summed E-state index contributed by atoms with van der Waals surface area (Å²) in [6, 6.07) is 23.1. The van der Waals surface area contributed by atoms with Crippen LogP contribution in [0.5, 0.6) is 17.2 Å². The van der Waals surface area contributed by atoms with Gasteiger partial charge in [0.1, 0.15) is 48.6 Å². The number of rotatable bonds is 18. The summed E-state index contributed by atoms with van der Waals surface area (Å²) in [6.45, 7) is 6.96. The molecular formula is C71H84O12. The number of aliphatic hydroxyl groups excluding tert-OH is 1. The predicted molar refractivity (Wildman–Crippen MR) is 321 cm³/mol. The Hall–Kier alpha value is -7.33. The summed E-state index contributed by atoms with van der Waals surface area (Å²) in [6.07, 6.45) is 25.0. The van der Waals surface area contributed by atoms with Crippen molar-refractivity contribution in [3.05, 3.63) is 124 Å². The van der Waals surface area contributed by atoms with Crippen molar-refractivity contribution in [3.63, 3.8) is 0 Å². The van der Waals surface area contributed by atoms with Crippen LogP contribution in [0.4, 0.5) is 0 Å². The largest absolute Gasteiger partial charge is 0.489 e. The molecule has 3 aromatic rings. The fraction of sp³-hybridized carbons (Fsp3) is 0.507. The number of aliphatic hydroxyl groups is 1. The van der Waals surface area contributed by atoms with Gasteiger partial charge in [-0.05, 0) is 197 Å². The van der Waals surface area contributed by atoms with Crippen LogP contribution in [-0.2, 0) is 33.4 Å². The molecule has 2 N–H and O–H groups in total. The summed E-state index contributed by atoms with van der Waals surface area (Å²) in [5, 5.41) is 19.0. The number of carbonyl (C=O) groups is 5. The second-order valence-corrected chi connectivity index (χ2v) is 23.5. The van der Waals surface area contributed by atoms with Gasteiger partial charge in [0.15, 0.2) is 0 Å². The summed E-state index contributed by atoms with van der Waals surface area (Å²) >= 11 is 0. The third kappa shape index (κ3) is 19.1. The molecule has 0 amide bonds. The second-order valence-electron chi connectivity index (χ2n) is 23.5. The number of carbonyl (C=O) groups excluding carboxylic acids is 4. The predicted octanol–water partition coefficient (Wildman–Crippen LogP) is 13.5. The van der Waals surface area contributed by atoms with Crippen molar-refractivity contribution in [3.8, 4) is 52.8 Å². The lowest BCUT2D eigenvalue weighted by Gasteiger charge is -2.31. The molecule has 12 heteroatoms. The number of aliphatic carboxylic acids is 1. The van der Waals surface area contributed by atoms with Crippen LogP contribution in [-0.4, -0.2) is 79.8 Å². The average molecular weight is 1130 g/mol. The summed E-state index contributed by atoms with van der Waals surface area (Å²) < 4.78 is 27.5. The number of carboxylic acid groups (broad SMARTS) is 1. The topological polar surface area (TPSA) is 172 Å². The zero-order valence-electron chi connectivity index (χ0n) is 49.4. The Balaban J connectivity index is 0.000000179. The first-order valence-electron chi connectivity index (χ1n) is 29.7. The normalized spacial score (nSPS) is 23.3. The lowest BCUT2D eigenvalue weighted by molar-refractivity contribution is -0.141. The molecule has 3 fully saturated rings. The number of allylic oxidation sites excluding steroid dienone is 3. The Morgan fingerprint density at radius 3 is 1.16 bits per heavy atom. The molecule has 440 valence electrons. The van der Waals surface area contributed by atoms with Gasteiger partial charge in [-0.15, -0.1) is 17.8 Å². The van der Waals surface area contributed by atoms with Gasteiger partial charge < -0.3 is 33.9 Å². The third-order valence-corrected chi connectivity index (χ3v) is 17.2. The zero-order chi connectivity index (χ0) is 59.2. The van der Waals surface area contributed by atoms with Gasteiger partial charge >= 0.3 is 17.9 Å². The highest BCUT2D eigenvalue weighted by Crippen LogP contribution is 2.49. The van der Waals surface area contributed by atoms with E-state index in [4.69, 9.17) is 28.8 Å². The Labute approximate surface area is 492 Å². The van der Waals surface area contributed by atoms with Crippen molar-refractivity contribution in [2.75, 3.05) is 34.0 Å². The van der Waals surface area contributed by atoms with E-state index < -0.39 is 5.97 Å². The molecule has 0 unspecified atom stereocenters. The molecule has 0 radical (unpaired) electrons. The first kappa shape index (κ1) is 63.3. The Morgan fingerprint density at radius 2 is 0.855 bits per heavy atom. The number of hydrogen-bond donors (Lipinski definition) is 2. The van der Waals surface area contributed by atoms with Crippen molar-refractivity contribution >= 4 is 29.5 Å². The van der Waals surface area contributed by atoms with Crippen molar-refractivity contribution < 1.29 is 57.9 Å². The number of ether oxygens (including phenoxy) is 5. The fourth-order valence-corrected chi connectivity index (χ4v) is 13.0. The van der Waals surface area contributed by atoms with Crippen LogP contribution < -0.4 is 14.2 Å². The monoisotopic (exact) mass is 1130 g/mol. The maximum absolute atomic E-state index is 11.7. The van der Waals surface area contributed by atoms with E-state index in [0.717, 1.165) is 117 Å². The van der Waals surface area contributed by atoms with Gasteiger partial charge in [-0.25, -0.2) is 0 Å². The first-order chi connectivity index (χ1) is 40.1. The SMILES string of the molecule is CC#C[C@@H](CC(=O)O)c1ccc(OCC2=C[C@]3(CCC2)CCC(=O)C3)cc1.CC#C[C@@H](CC(=O)OC)c1ccc(OCC2=C[C@]3(CCC2)CCC(=O)C3)cc1.CC#C[C@@H](CC(=O)OC)c1ccc(OCC2=C[C@]3(CCC2)CC[C@@H](O)C3)cc1. The molecule has 6 aliphatic carbocycles. The zero-order valence-corrected chi connectivity index (χ0v) is 49.4. The van der Waals surface area contributed by atoms with Crippen molar-refractivity contribution in [2.45, 2.75) is 179 Å². The van der Waals surface area contributed by atoms with Crippen LogP contribution >= 0.6 is 0 Å². The van der Waals surface area contributed by atoms with Gasteiger partial charge in [0, 0.05) is 25.7 Å². The van der Waals surface area contributed by atoms with Crippen molar-refractivity contribution in [2.24, 2.45) is 16.2 Å². The van der Waals surface area contributed by atoms with E-state index in [2.05, 4.69) is 53.8 Å². The molecule has 12 nitrogen and oxygen atoms in total. The number of esters is 2. The molecule has 0 heterocycles. The molecular weight excluding hydrogens is 1040 g/mol. The minimum atomic E-state index is -0.855. The molecule has 3 spiro atoms. The molecule has 0 saturated heterocycles. The second kappa shape index (κ2) is 30.8. The summed E-state index contributed by atoms with van der Waals surface area (Å²) in [5.74, 6) is 18.8. The van der Waals surface area contributed by atoms with Crippen molar-refractivity contribution in [1.29, 1.82) is 0 Å². The van der Waals surface area contributed by atoms with Gasteiger partial charge in [0.05, 0.1) is 57.3 Å². The fourth-order valence-electron chi connectivity index (χ4n) is 13.0. The summed E-state index contributed by atoms with van der Waals surface area (Å²) in [7, 11) is 2.79. The lowest BCUT2D eigenvalue weighted by atomic mass is 9.75. The Morgan fingerprint density at radius 1 is 0.506 bits per heavy atom. The van der Waals surface area contributed by atoms with E-state index >= 15 is 0 Å². The van der Waals surface area contributed by atoms with Crippen LogP contribution in [0.25, 0.3) is 0 Å². The number of ketones is 2. The maximum Gasteiger partial charge on any atom is 0.307 e. The van der Waals surface area contributed by atoms with E-state index in [1.165, 1.54) is 43.8 Å². The Bertz CT molecular complexity index is 3020. The molecule has 83 heavy (non-hydrogen) atoms.